The van der Waals surface area contributed by atoms with Crippen LogP contribution in [0.4, 0.5) is 4.79 Å². The van der Waals surface area contributed by atoms with Gasteiger partial charge in [0.15, 0.2) is 5.78 Å². The lowest BCUT2D eigenvalue weighted by Crippen LogP contribution is -2.10. The van der Waals surface area contributed by atoms with Gasteiger partial charge < -0.3 is 19.1 Å². The number of benzene rings is 1. The minimum absolute atomic E-state index is 0.0757. The van der Waals surface area contributed by atoms with Crippen LogP contribution in [0.15, 0.2) is 18.2 Å². The zero-order valence-corrected chi connectivity index (χ0v) is 22.1. The normalized spacial score (nSPS) is 11.2. The van der Waals surface area contributed by atoms with Crippen LogP contribution in [0.5, 0.6) is 11.6 Å². The third kappa shape index (κ3) is 9.58. The smallest absolute Gasteiger partial charge is 0.497 e. The molecule has 1 heterocycles. The predicted molar refractivity (Wildman–Crippen MR) is 142 cm³/mol. The third-order valence-electron chi connectivity index (χ3n) is 6.82. The molecule has 1 aromatic heterocycles. The molecule has 1 aromatic carbocycles. The molecule has 0 spiro atoms. The average molecular weight is 488 g/mol. The van der Waals surface area contributed by atoms with Gasteiger partial charge in [0.1, 0.15) is 5.75 Å². The van der Waals surface area contributed by atoms with E-state index < -0.39 is 6.16 Å². The zero-order valence-electron chi connectivity index (χ0n) is 22.1. The molecule has 196 valence electrons. The van der Waals surface area contributed by atoms with E-state index in [9.17, 15) is 9.59 Å². The Labute approximate surface area is 211 Å². The van der Waals surface area contributed by atoms with E-state index in [0.29, 0.717) is 23.1 Å². The molecular formula is C29H45NO5. The van der Waals surface area contributed by atoms with Gasteiger partial charge in [-0.25, -0.2) is 4.79 Å². The lowest BCUT2D eigenvalue weighted by Gasteiger charge is -2.06. The maximum Gasteiger partial charge on any atom is 0.512 e. The number of carbonyl (C=O) groups is 2. The van der Waals surface area contributed by atoms with Crippen molar-refractivity contribution < 1.29 is 24.2 Å². The number of ether oxygens (including phenoxy) is 2. The Morgan fingerprint density at radius 3 is 1.83 bits per heavy atom. The van der Waals surface area contributed by atoms with Crippen LogP contribution in [0.1, 0.15) is 120 Å². The molecule has 0 atom stereocenters. The number of ketones is 1. The number of carboxylic acid groups (broad SMARTS) is 1. The number of Topliss-reactive ketones (excluding diaryl/α,β-unsaturated/α-hetero) is 1. The van der Waals surface area contributed by atoms with Gasteiger partial charge >= 0.3 is 6.16 Å². The zero-order chi connectivity index (χ0) is 25.5. The van der Waals surface area contributed by atoms with Crippen LogP contribution in [0, 0.1) is 0 Å². The second-order valence-electron chi connectivity index (χ2n) is 9.61. The fourth-order valence-electron chi connectivity index (χ4n) is 4.78. The lowest BCUT2D eigenvalue weighted by atomic mass is 10.0. The Hall–Kier alpha value is -2.50. The minimum Gasteiger partial charge on any atom is -0.497 e. The molecular weight excluding hydrogens is 442 g/mol. The summed E-state index contributed by atoms with van der Waals surface area (Å²) in [6.07, 6.45) is 18.0. The van der Waals surface area contributed by atoms with E-state index >= 15 is 0 Å². The Balaban J connectivity index is 1.69. The number of methoxy groups -OCH3 is 1. The van der Waals surface area contributed by atoms with Crippen molar-refractivity contribution in [3.8, 4) is 11.6 Å². The quantitative estimate of drug-likeness (QED) is 0.122. The van der Waals surface area contributed by atoms with Crippen LogP contribution < -0.4 is 9.47 Å². The van der Waals surface area contributed by atoms with Gasteiger partial charge in [0.05, 0.1) is 18.2 Å². The van der Waals surface area contributed by atoms with Gasteiger partial charge in [0.2, 0.25) is 5.88 Å². The van der Waals surface area contributed by atoms with Crippen LogP contribution in [0.3, 0.4) is 0 Å². The number of hydrogen-bond donors (Lipinski definition) is 1. The van der Waals surface area contributed by atoms with Gasteiger partial charge in [-0.3, -0.25) is 4.79 Å². The van der Waals surface area contributed by atoms with E-state index in [4.69, 9.17) is 14.6 Å². The van der Waals surface area contributed by atoms with Crippen molar-refractivity contribution in [3.63, 3.8) is 0 Å². The number of rotatable bonds is 19. The highest BCUT2D eigenvalue weighted by molar-refractivity contribution is 6.11. The molecule has 0 unspecified atom stereocenters. The summed E-state index contributed by atoms with van der Waals surface area (Å²) in [5.74, 6) is 0.604. The first-order valence-corrected chi connectivity index (χ1v) is 13.6. The van der Waals surface area contributed by atoms with Gasteiger partial charge in [0.25, 0.3) is 0 Å². The summed E-state index contributed by atoms with van der Waals surface area (Å²) < 4.78 is 11.9. The first-order valence-electron chi connectivity index (χ1n) is 13.6. The number of fused-ring (bicyclic) bond motifs is 1. The molecule has 0 aliphatic rings. The van der Waals surface area contributed by atoms with Crippen molar-refractivity contribution in [1.29, 1.82) is 0 Å². The standard InChI is InChI=1S/C29H45NO5/c1-4-5-6-7-8-9-10-11-12-13-14-15-16-17-18-19-26(31)27-24-22-23(34-3)20-21-25(24)30(2)28(27)35-29(32)33/h20-22H,4-19H2,1-3H3,(H,32,33). The molecule has 0 saturated carbocycles. The van der Waals surface area contributed by atoms with Crippen molar-refractivity contribution in [2.45, 2.75) is 110 Å². The summed E-state index contributed by atoms with van der Waals surface area (Å²) in [4.78, 5) is 24.3. The molecule has 6 heteroatoms. The van der Waals surface area contributed by atoms with Crippen molar-refractivity contribution in [1.82, 2.24) is 4.57 Å². The first-order chi connectivity index (χ1) is 17.0. The van der Waals surface area contributed by atoms with Crippen molar-refractivity contribution >= 4 is 22.8 Å². The number of nitrogens with zero attached hydrogens (tertiary/aromatic N) is 1. The second-order valence-corrected chi connectivity index (χ2v) is 9.61. The van der Waals surface area contributed by atoms with Gasteiger partial charge in [-0.2, -0.15) is 0 Å². The number of carbonyl (C=O) groups excluding carboxylic acids is 1. The molecule has 0 aliphatic heterocycles. The van der Waals surface area contributed by atoms with E-state index in [1.54, 1.807) is 30.9 Å². The summed E-state index contributed by atoms with van der Waals surface area (Å²) in [6, 6.07) is 5.37. The highest BCUT2D eigenvalue weighted by Gasteiger charge is 2.24. The Morgan fingerprint density at radius 1 is 0.829 bits per heavy atom. The second kappa shape index (κ2) is 16.2. The van der Waals surface area contributed by atoms with Crippen LogP contribution in [0.2, 0.25) is 0 Å². The largest absolute Gasteiger partial charge is 0.512 e. The summed E-state index contributed by atoms with van der Waals surface area (Å²) in [6.45, 7) is 2.26. The maximum absolute atomic E-state index is 13.1. The highest BCUT2D eigenvalue weighted by Crippen LogP contribution is 2.35. The fourth-order valence-corrected chi connectivity index (χ4v) is 4.78. The molecule has 2 aromatic rings. The van der Waals surface area contributed by atoms with Crippen LogP contribution in [-0.2, 0) is 7.05 Å². The molecule has 1 N–H and O–H groups in total. The SMILES string of the molecule is CCCCCCCCCCCCCCCCCC(=O)c1c(OC(=O)O)n(C)c2ccc(OC)cc12. The minimum atomic E-state index is -1.43. The number of unbranched alkanes of at least 4 members (excludes halogenated alkanes) is 14. The van der Waals surface area contributed by atoms with E-state index in [0.717, 1.165) is 24.8 Å². The maximum atomic E-state index is 13.1. The molecule has 0 bridgehead atoms. The van der Waals surface area contributed by atoms with Crippen molar-refractivity contribution in [2.24, 2.45) is 7.05 Å². The van der Waals surface area contributed by atoms with Crippen molar-refractivity contribution in [3.05, 3.63) is 23.8 Å². The van der Waals surface area contributed by atoms with Gasteiger partial charge in [-0.1, -0.05) is 96.8 Å². The molecule has 2 rings (SSSR count). The molecule has 6 nitrogen and oxygen atoms in total. The number of aryl methyl sites for hydroxylation is 1. The summed E-state index contributed by atoms with van der Waals surface area (Å²) in [7, 11) is 3.27. The van der Waals surface area contributed by atoms with E-state index in [1.807, 2.05) is 6.07 Å². The van der Waals surface area contributed by atoms with Gasteiger partial charge in [0, 0.05) is 18.9 Å². The Bertz CT molecular complexity index is 917. The number of aromatic nitrogens is 1. The monoisotopic (exact) mass is 487 g/mol. The topological polar surface area (TPSA) is 77.8 Å². The average Bonchev–Trinajstić information content (AvgIpc) is 3.11. The van der Waals surface area contributed by atoms with Crippen LogP contribution in [0.25, 0.3) is 10.9 Å². The molecule has 0 aliphatic carbocycles. The van der Waals surface area contributed by atoms with Gasteiger partial charge in [-0.05, 0) is 24.6 Å². The summed E-state index contributed by atoms with van der Waals surface area (Å²) in [5, 5.41) is 9.83. The third-order valence-corrected chi connectivity index (χ3v) is 6.82. The molecule has 0 radical (unpaired) electrons. The lowest BCUT2D eigenvalue weighted by molar-refractivity contribution is 0.0975. The van der Waals surface area contributed by atoms with E-state index in [2.05, 4.69) is 6.92 Å². The summed E-state index contributed by atoms with van der Waals surface area (Å²) >= 11 is 0. The fraction of sp³-hybridized carbons (Fsp3) is 0.655. The summed E-state index contributed by atoms with van der Waals surface area (Å²) in [5.41, 5.74) is 1.07. The van der Waals surface area contributed by atoms with Crippen molar-refractivity contribution in [2.75, 3.05) is 7.11 Å². The van der Waals surface area contributed by atoms with Crippen LogP contribution in [-0.4, -0.2) is 28.7 Å². The molecule has 0 fully saturated rings. The molecule has 0 amide bonds. The highest BCUT2D eigenvalue weighted by atomic mass is 16.7. The predicted octanol–water partition coefficient (Wildman–Crippen LogP) is 8.69. The van der Waals surface area contributed by atoms with E-state index in [1.165, 1.54) is 77.0 Å². The van der Waals surface area contributed by atoms with Gasteiger partial charge in [-0.15, -0.1) is 0 Å². The Morgan fingerprint density at radius 2 is 1.34 bits per heavy atom. The van der Waals surface area contributed by atoms with Crippen LogP contribution >= 0.6 is 0 Å². The van der Waals surface area contributed by atoms with E-state index in [-0.39, 0.29) is 11.7 Å². The first kappa shape index (κ1) is 28.7. The Kier molecular flexibility index (Phi) is 13.3. The number of hydrogen-bond acceptors (Lipinski definition) is 4. The molecule has 0 saturated heterocycles. The molecule has 35 heavy (non-hydrogen) atoms.